The van der Waals surface area contributed by atoms with E-state index in [1.54, 1.807) is 6.33 Å². The molecule has 128 valence electrons. The molecule has 5 nitrogen and oxygen atoms in total. The van der Waals surface area contributed by atoms with Crippen LogP contribution in [0.15, 0.2) is 6.33 Å². The minimum atomic E-state index is -2.61. The minimum absolute atomic E-state index is 0.577. The predicted octanol–water partition coefficient (Wildman–Crippen LogP) is 3.99. The van der Waals surface area contributed by atoms with Gasteiger partial charge in [-0.05, 0) is 0 Å². The number of rotatable bonds is 10. The molecule has 0 fully saturated rings. The molecule has 0 radical (unpaired) electrons. The summed E-state index contributed by atoms with van der Waals surface area (Å²) in [6.07, 6.45) is 9.30. The number of fused-ring (bicyclic) bond motifs is 1. The molecule has 2 rings (SSSR count). The molecular formula is C17H31N5Sn. The molecule has 0 amide bonds. The molecule has 0 aliphatic carbocycles. The second kappa shape index (κ2) is 8.85. The molecule has 0 unspecified atom stereocenters. The quantitative estimate of drug-likeness (QED) is 0.566. The Balaban J connectivity index is 2.45. The summed E-state index contributed by atoms with van der Waals surface area (Å²) < 4.78 is 5.16. The van der Waals surface area contributed by atoms with Gasteiger partial charge in [-0.1, -0.05) is 0 Å². The number of hydrogen-bond acceptors (Lipinski definition) is 4. The molecule has 0 saturated heterocycles. The summed E-state index contributed by atoms with van der Waals surface area (Å²) in [5.41, 5.74) is 7.73. The van der Waals surface area contributed by atoms with E-state index in [0.29, 0.717) is 5.82 Å². The number of anilines is 1. The average molecular weight is 424 g/mol. The molecule has 2 aromatic heterocycles. The monoisotopic (exact) mass is 425 g/mol. The third kappa shape index (κ3) is 4.37. The Morgan fingerprint density at radius 1 is 0.957 bits per heavy atom. The maximum absolute atomic E-state index is 6.20. The predicted molar refractivity (Wildman–Crippen MR) is 101 cm³/mol. The summed E-state index contributed by atoms with van der Waals surface area (Å²) in [5, 5.41) is 0. The number of H-pyrrole nitrogens is 1. The first-order chi connectivity index (χ1) is 11.2. The van der Waals surface area contributed by atoms with Crippen molar-refractivity contribution in [3.05, 3.63) is 6.33 Å². The molecule has 0 spiro atoms. The molecule has 0 aromatic carbocycles. The van der Waals surface area contributed by atoms with Gasteiger partial charge < -0.3 is 0 Å². The van der Waals surface area contributed by atoms with Crippen LogP contribution in [0.4, 0.5) is 5.82 Å². The van der Waals surface area contributed by atoms with Gasteiger partial charge in [0.05, 0.1) is 0 Å². The van der Waals surface area contributed by atoms with Crippen LogP contribution < -0.4 is 9.57 Å². The number of hydrogen-bond donors (Lipinski definition) is 2. The normalized spacial score (nSPS) is 12.1. The van der Waals surface area contributed by atoms with Gasteiger partial charge in [-0.2, -0.15) is 0 Å². The Hall–Kier alpha value is -0.851. The van der Waals surface area contributed by atoms with Crippen molar-refractivity contribution < 1.29 is 0 Å². The number of aromatic amines is 1. The number of nitrogens with two attached hydrogens (primary N) is 1. The van der Waals surface area contributed by atoms with Gasteiger partial charge >= 0.3 is 144 Å². The van der Waals surface area contributed by atoms with Gasteiger partial charge in [0.15, 0.2) is 0 Å². The molecule has 3 N–H and O–H groups in total. The van der Waals surface area contributed by atoms with E-state index in [0.717, 1.165) is 15.0 Å². The van der Waals surface area contributed by atoms with Crippen molar-refractivity contribution in [1.82, 2.24) is 19.9 Å². The fourth-order valence-corrected chi connectivity index (χ4v) is 18.2. The van der Waals surface area contributed by atoms with Crippen LogP contribution in [0.25, 0.3) is 11.2 Å². The summed E-state index contributed by atoms with van der Waals surface area (Å²) in [4.78, 5) is 17.1. The zero-order valence-electron chi connectivity index (χ0n) is 14.9. The number of nitrogens with one attached hydrogen (secondary N) is 1. The van der Waals surface area contributed by atoms with E-state index in [1.165, 1.54) is 51.8 Å². The first-order valence-corrected chi connectivity index (χ1v) is 16.6. The molecule has 0 atom stereocenters. The van der Waals surface area contributed by atoms with Gasteiger partial charge in [-0.15, -0.1) is 0 Å². The fraction of sp³-hybridized carbons (Fsp3) is 0.706. The van der Waals surface area contributed by atoms with Crippen molar-refractivity contribution in [1.29, 1.82) is 0 Å². The zero-order valence-corrected chi connectivity index (χ0v) is 17.7. The number of unbranched alkanes of at least 4 members (excludes halogenated alkanes) is 3. The van der Waals surface area contributed by atoms with Gasteiger partial charge in [0.25, 0.3) is 0 Å². The summed E-state index contributed by atoms with van der Waals surface area (Å²) in [6.45, 7) is 6.84. The third-order valence-corrected chi connectivity index (χ3v) is 19.4. The Kier molecular flexibility index (Phi) is 7.11. The van der Waals surface area contributed by atoms with Crippen molar-refractivity contribution in [2.75, 3.05) is 5.73 Å². The number of nitrogen functional groups attached to an aromatic ring is 1. The second-order valence-electron chi connectivity index (χ2n) is 6.62. The van der Waals surface area contributed by atoms with Crippen molar-refractivity contribution in [3.8, 4) is 0 Å². The van der Waals surface area contributed by atoms with E-state index in [-0.39, 0.29) is 0 Å². The fourth-order valence-electron chi connectivity index (χ4n) is 3.35. The summed E-state index contributed by atoms with van der Waals surface area (Å²) in [6, 6.07) is 0. The Morgan fingerprint density at radius 2 is 1.52 bits per heavy atom. The standard InChI is InChI=1S/C5H4N5.3C4H9.Sn/c6-4-3-5(9-1-7-3)10-2-8-4;3*1-3-4-2;/h1H,(H3,6,7,8,9,10);3*1,3-4H2,2H3;. The molecule has 0 bridgehead atoms. The van der Waals surface area contributed by atoms with Crippen LogP contribution in [0.2, 0.25) is 13.3 Å². The van der Waals surface area contributed by atoms with Crippen LogP contribution in [0, 0.1) is 0 Å². The number of aromatic nitrogens is 4. The first kappa shape index (κ1) is 18.5. The van der Waals surface area contributed by atoms with Gasteiger partial charge in [-0.25, -0.2) is 0 Å². The van der Waals surface area contributed by atoms with Crippen LogP contribution in [-0.4, -0.2) is 38.3 Å². The molecule has 23 heavy (non-hydrogen) atoms. The summed E-state index contributed by atoms with van der Waals surface area (Å²) in [7, 11) is 0. The van der Waals surface area contributed by atoms with Crippen molar-refractivity contribution in [2.24, 2.45) is 0 Å². The Bertz CT molecular complexity index is 588. The van der Waals surface area contributed by atoms with E-state index in [1.807, 2.05) is 0 Å². The molecule has 0 aliphatic heterocycles. The van der Waals surface area contributed by atoms with Gasteiger partial charge in [0.1, 0.15) is 0 Å². The topological polar surface area (TPSA) is 80.5 Å². The SMILES string of the molecule is CCC[CH2][Sn]([CH2]CCC)([CH2]CCC)[c]1nc(N)c2[nH]cnc2n1. The van der Waals surface area contributed by atoms with E-state index in [9.17, 15) is 0 Å². The molecule has 6 heteroatoms. The first-order valence-electron chi connectivity index (χ1n) is 9.14. The second-order valence-corrected chi connectivity index (χ2v) is 19.5. The van der Waals surface area contributed by atoms with E-state index in [4.69, 9.17) is 15.7 Å². The van der Waals surface area contributed by atoms with Crippen LogP contribution in [0.5, 0.6) is 0 Å². The molecule has 2 aromatic rings. The van der Waals surface area contributed by atoms with Crippen molar-refractivity contribution >= 4 is 39.2 Å². The van der Waals surface area contributed by atoms with Crippen molar-refractivity contribution in [2.45, 2.75) is 72.6 Å². The number of imidazole rings is 1. The molecular weight excluding hydrogens is 393 g/mol. The maximum atomic E-state index is 6.20. The Morgan fingerprint density at radius 3 is 2.04 bits per heavy atom. The molecule has 0 saturated carbocycles. The van der Waals surface area contributed by atoms with Crippen LogP contribution in [0.1, 0.15) is 59.3 Å². The summed E-state index contributed by atoms with van der Waals surface area (Å²) in [5.74, 6) is 0.577. The summed E-state index contributed by atoms with van der Waals surface area (Å²) >= 11 is -2.61. The van der Waals surface area contributed by atoms with Gasteiger partial charge in [0, 0.05) is 0 Å². The Labute approximate surface area is 143 Å². The average Bonchev–Trinajstić information content (AvgIpc) is 3.04. The molecule has 0 aliphatic rings. The van der Waals surface area contributed by atoms with Gasteiger partial charge in [0.2, 0.25) is 0 Å². The van der Waals surface area contributed by atoms with Crippen LogP contribution in [-0.2, 0) is 0 Å². The zero-order chi connectivity index (χ0) is 16.7. The van der Waals surface area contributed by atoms with Crippen molar-refractivity contribution in [3.63, 3.8) is 0 Å². The van der Waals surface area contributed by atoms with E-state index < -0.39 is 18.4 Å². The van der Waals surface area contributed by atoms with Crippen LogP contribution in [0.3, 0.4) is 0 Å². The van der Waals surface area contributed by atoms with Gasteiger partial charge in [-0.3, -0.25) is 0 Å². The van der Waals surface area contributed by atoms with E-state index >= 15 is 0 Å². The number of nitrogens with zero attached hydrogens (tertiary/aromatic N) is 3. The van der Waals surface area contributed by atoms with E-state index in [2.05, 4.69) is 30.7 Å². The molecule has 2 heterocycles. The third-order valence-electron chi connectivity index (χ3n) is 4.81. The van der Waals surface area contributed by atoms with Crippen LogP contribution >= 0.6 is 0 Å².